The first kappa shape index (κ1) is 51.5. The summed E-state index contributed by atoms with van der Waals surface area (Å²) in [5.41, 5.74) is 5.13. The number of carbonyl (C=O) groups is 1. The van der Waals surface area contributed by atoms with Crippen LogP contribution in [0.3, 0.4) is 0 Å². The van der Waals surface area contributed by atoms with Gasteiger partial charge in [0.05, 0.1) is 17.9 Å². The van der Waals surface area contributed by atoms with Crippen molar-refractivity contribution in [2.24, 2.45) is 16.3 Å². The van der Waals surface area contributed by atoms with E-state index < -0.39 is 0 Å². The van der Waals surface area contributed by atoms with Crippen LogP contribution in [0.25, 0.3) is 32.3 Å². The Morgan fingerprint density at radius 3 is 1.28 bits per heavy atom. The summed E-state index contributed by atoms with van der Waals surface area (Å²) in [5, 5.41) is 17.0. The smallest absolute Gasteiger partial charge is 0.338 e. The van der Waals surface area contributed by atoms with Gasteiger partial charge < -0.3 is 4.74 Å². The third-order valence-electron chi connectivity index (χ3n) is 13.5. The molecular weight excluding hydrogens is 831 g/mol. The summed E-state index contributed by atoms with van der Waals surface area (Å²) in [6, 6.07) is 36.8. The quantitative estimate of drug-likeness (QED) is 0.0170. The van der Waals surface area contributed by atoms with E-state index in [0.717, 1.165) is 86.2 Å². The van der Waals surface area contributed by atoms with Crippen LogP contribution in [0.2, 0.25) is 0 Å². The molecule has 5 nitrogen and oxygen atoms in total. The Bertz CT molecular complexity index is 2650. The lowest BCUT2D eigenvalue weighted by Gasteiger charge is -2.18. The van der Waals surface area contributed by atoms with E-state index in [9.17, 15) is 4.79 Å². The third kappa shape index (κ3) is 15.6. The molecule has 0 saturated heterocycles. The molecule has 0 bridgehead atoms. The molecule has 0 amide bonds. The number of ether oxygens (including phenoxy) is 1. The van der Waals surface area contributed by atoms with Crippen molar-refractivity contribution in [3.05, 3.63) is 137 Å². The molecule has 6 aromatic rings. The van der Waals surface area contributed by atoms with E-state index in [0.29, 0.717) is 18.1 Å². The second kappa shape index (κ2) is 29.1. The van der Waals surface area contributed by atoms with Crippen molar-refractivity contribution in [1.82, 2.24) is 5.01 Å². The average molecular weight is 908 g/mol. The first-order valence-corrected chi connectivity index (χ1v) is 26.5. The van der Waals surface area contributed by atoms with Crippen molar-refractivity contribution >= 4 is 44.0 Å². The Kier molecular flexibility index (Phi) is 22.0. The molecule has 356 valence electrons. The number of nitrogens with zero attached hydrogens (tertiary/aromatic N) is 3. The largest absolute Gasteiger partial charge is 0.462 e. The van der Waals surface area contributed by atoms with Gasteiger partial charge in [0.25, 0.3) is 0 Å². The van der Waals surface area contributed by atoms with Crippen LogP contribution in [-0.2, 0) is 4.74 Å². The van der Waals surface area contributed by atoms with E-state index >= 15 is 0 Å². The normalized spacial score (nSPS) is 11.7. The molecule has 0 radical (unpaired) electrons. The Hall–Kier alpha value is -5.91. The zero-order valence-electron chi connectivity index (χ0n) is 41.9. The van der Waals surface area contributed by atoms with Crippen molar-refractivity contribution in [2.75, 3.05) is 19.7 Å². The van der Waals surface area contributed by atoms with Crippen LogP contribution < -0.4 is 0 Å². The number of hydrogen-bond acceptors (Lipinski definition) is 4. The highest BCUT2D eigenvalue weighted by atomic mass is 16.5. The molecule has 0 aromatic heterocycles. The maximum Gasteiger partial charge on any atom is 0.338 e. The molecular formula is C63H77N3O2. The molecule has 0 saturated carbocycles. The first-order chi connectivity index (χ1) is 33.5. The monoisotopic (exact) mass is 908 g/mol. The molecule has 0 N–H and O–H groups in total. The van der Waals surface area contributed by atoms with Crippen LogP contribution in [0.15, 0.2) is 120 Å². The van der Waals surface area contributed by atoms with Crippen LogP contribution in [0.4, 0.5) is 5.69 Å². The van der Waals surface area contributed by atoms with Crippen molar-refractivity contribution < 1.29 is 9.53 Å². The van der Waals surface area contributed by atoms with E-state index in [1.54, 1.807) is 0 Å². The molecule has 1 unspecified atom stereocenters. The van der Waals surface area contributed by atoms with Gasteiger partial charge in [-0.3, -0.25) is 5.01 Å². The Labute approximate surface area is 409 Å². The van der Waals surface area contributed by atoms with Gasteiger partial charge in [0.1, 0.15) is 0 Å². The van der Waals surface area contributed by atoms with Crippen LogP contribution >= 0.6 is 0 Å². The molecule has 0 aliphatic rings. The maximum absolute atomic E-state index is 13.9. The van der Waals surface area contributed by atoms with Crippen LogP contribution in [0, 0.1) is 29.6 Å². The van der Waals surface area contributed by atoms with Gasteiger partial charge in [0, 0.05) is 40.7 Å². The highest BCUT2D eigenvalue weighted by molar-refractivity contribution is 6.06. The Morgan fingerprint density at radius 1 is 0.456 bits per heavy atom. The molecule has 0 heterocycles. The second-order valence-corrected chi connectivity index (χ2v) is 18.6. The first-order valence-electron chi connectivity index (χ1n) is 26.5. The predicted molar refractivity (Wildman–Crippen MR) is 289 cm³/mol. The Balaban J connectivity index is 1.14. The van der Waals surface area contributed by atoms with Crippen LogP contribution in [0.1, 0.15) is 189 Å². The third-order valence-corrected chi connectivity index (χ3v) is 13.5. The van der Waals surface area contributed by atoms with Crippen molar-refractivity contribution in [1.29, 1.82) is 0 Å². The topological polar surface area (TPSA) is 54.3 Å². The fourth-order valence-corrected chi connectivity index (χ4v) is 9.38. The van der Waals surface area contributed by atoms with Crippen molar-refractivity contribution in [3.63, 3.8) is 0 Å². The lowest BCUT2D eigenvalue weighted by atomic mass is 9.94. The standard InChI is InChI=1S/C63H77N3O2/c1-5-9-11-13-15-17-18-20-22-24-32-50(31-23-21-19-16-14-12-10-6-2)49-68-63(67)61-47-45-53(57-35-27-29-37-59(57)61)43-41-51-39-40-52(56-34-26-25-33-55(51)56)42-44-54-46-48-62(64-65-66(7-3)8-4)60-38-30-28-36-58(54)60/h25-30,33-40,45-48,50H,5-24,31-32,49H2,1-4H3. The molecule has 0 aliphatic heterocycles. The van der Waals surface area contributed by atoms with E-state index in [2.05, 4.69) is 116 Å². The average Bonchev–Trinajstić information content (AvgIpc) is 3.38. The van der Waals surface area contributed by atoms with Gasteiger partial charge in [-0.1, -0.05) is 231 Å². The molecule has 1 atom stereocenters. The number of esters is 1. The number of carbonyl (C=O) groups excluding carboxylic acids is 1. The van der Waals surface area contributed by atoms with Gasteiger partial charge in [0.15, 0.2) is 0 Å². The minimum Gasteiger partial charge on any atom is -0.462 e. The summed E-state index contributed by atoms with van der Waals surface area (Å²) >= 11 is 0. The number of hydrogen-bond donors (Lipinski definition) is 0. The summed E-state index contributed by atoms with van der Waals surface area (Å²) in [7, 11) is 0. The van der Waals surface area contributed by atoms with E-state index in [1.807, 2.05) is 59.6 Å². The van der Waals surface area contributed by atoms with E-state index in [1.165, 1.54) is 116 Å². The van der Waals surface area contributed by atoms with Gasteiger partial charge >= 0.3 is 5.97 Å². The van der Waals surface area contributed by atoms with Crippen molar-refractivity contribution in [3.8, 4) is 23.7 Å². The summed E-state index contributed by atoms with van der Waals surface area (Å²) < 4.78 is 6.20. The van der Waals surface area contributed by atoms with Gasteiger partial charge in [0.2, 0.25) is 0 Å². The highest BCUT2D eigenvalue weighted by Crippen LogP contribution is 2.30. The summed E-state index contributed by atoms with van der Waals surface area (Å²) in [6.45, 7) is 10.8. The molecule has 0 fully saturated rings. The zero-order chi connectivity index (χ0) is 47.6. The molecule has 6 aromatic carbocycles. The summed E-state index contributed by atoms with van der Waals surface area (Å²) in [5.74, 6) is 14.1. The number of rotatable bonds is 27. The SMILES string of the molecule is CCCCCCCCCCCCC(CCCCCCCCCC)COC(=O)c1ccc(C#Cc2ccc(C#Cc3ccc(N=NN(CC)CC)c4ccccc34)c3ccccc23)c2ccccc12. The fraction of sp³-hybridized carbons (Fsp3) is 0.444. The fourth-order valence-electron chi connectivity index (χ4n) is 9.38. The van der Waals surface area contributed by atoms with Crippen molar-refractivity contribution in [2.45, 2.75) is 156 Å². The zero-order valence-corrected chi connectivity index (χ0v) is 41.9. The van der Waals surface area contributed by atoms with Gasteiger partial charge in [-0.15, -0.1) is 5.11 Å². The maximum atomic E-state index is 13.9. The van der Waals surface area contributed by atoms with Gasteiger partial charge in [-0.25, -0.2) is 4.79 Å². The number of fused-ring (bicyclic) bond motifs is 3. The minimum atomic E-state index is -0.239. The molecule has 0 spiro atoms. The predicted octanol–water partition coefficient (Wildman–Crippen LogP) is 17.9. The molecule has 5 heteroatoms. The lowest BCUT2D eigenvalue weighted by molar-refractivity contribution is 0.0424. The van der Waals surface area contributed by atoms with E-state index in [-0.39, 0.29) is 5.97 Å². The number of unbranched alkanes of at least 4 members (excludes halogenated alkanes) is 16. The highest BCUT2D eigenvalue weighted by Gasteiger charge is 2.17. The minimum absolute atomic E-state index is 0.239. The van der Waals surface area contributed by atoms with Gasteiger partial charge in [-0.2, -0.15) is 0 Å². The molecule has 0 aliphatic carbocycles. The summed E-state index contributed by atoms with van der Waals surface area (Å²) in [4.78, 5) is 13.9. The number of benzene rings is 6. The van der Waals surface area contributed by atoms with E-state index in [4.69, 9.17) is 4.74 Å². The summed E-state index contributed by atoms with van der Waals surface area (Å²) in [6.07, 6.45) is 26.1. The Morgan fingerprint density at radius 2 is 0.824 bits per heavy atom. The second-order valence-electron chi connectivity index (χ2n) is 18.6. The van der Waals surface area contributed by atoms with Crippen LogP contribution in [-0.4, -0.2) is 30.7 Å². The van der Waals surface area contributed by atoms with Gasteiger partial charge in [-0.05, 0) is 95.9 Å². The molecule has 68 heavy (non-hydrogen) atoms. The van der Waals surface area contributed by atoms with Crippen LogP contribution in [0.5, 0.6) is 0 Å². The molecule has 6 rings (SSSR count). The lowest BCUT2D eigenvalue weighted by Crippen LogP contribution is -2.15.